The molecule has 0 unspecified atom stereocenters. The van der Waals surface area contributed by atoms with Gasteiger partial charge in [-0.05, 0) is 20.8 Å². The van der Waals surface area contributed by atoms with E-state index in [4.69, 9.17) is 0 Å². The van der Waals surface area contributed by atoms with Gasteiger partial charge < -0.3 is 10.2 Å². The van der Waals surface area contributed by atoms with Gasteiger partial charge in [0, 0.05) is 19.7 Å². The van der Waals surface area contributed by atoms with Crippen molar-refractivity contribution < 1.29 is 4.79 Å². The molecule has 1 aromatic heterocycles. The van der Waals surface area contributed by atoms with Gasteiger partial charge in [0.25, 0.3) is 0 Å². The van der Waals surface area contributed by atoms with Crippen LogP contribution in [0.3, 0.4) is 0 Å². The molecule has 0 aliphatic carbocycles. The maximum absolute atomic E-state index is 10.9. The van der Waals surface area contributed by atoms with Crippen molar-refractivity contribution in [2.24, 2.45) is 0 Å². The third-order valence-corrected chi connectivity index (χ3v) is 2.21. The molecule has 0 aliphatic rings. The number of rotatable bonds is 5. The van der Waals surface area contributed by atoms with Gasteiger partial charge in [-0.3, -0.25) is 4.79 Å². The topological polar surface area (TPSA) is 58.1 Å². The van der Waals surface area contributed by atoms with Crippen molar-refractivity contribution in [2.75, 3.05) is 30.4 Å². The number of Topliss-reactive ketones (excluding diaryl/α,β-unsaturated/α-hetero) is 1. The molecule has 0 spiro atoms. The summed E-state index contributed by atoms with van der Waals surface area (Å²) in [5.41, 5.74) is 0. The van der Waals surface area contributed by atoms with E-state index in [0.717, 1.165) is 12.4 Å². The summed E-state index contributed by atoms with van der Waals surface area (Å²) in [4.78, 5) is 21.4. The molecule has 5 heteroatoms. The molecule has 0 radical (unpaired) electrons. The average molecular weight is 222 g/mol. The van der Waals surface area contributed by atoms with Gasteiger partial charge >= 0.3 is 0 Å². The van der Waals surface area contributed by atoms with Gasteiger partial charge in [0.15, 0.2) is 0 Å². The fraction of sp³-hybridized carbons (Fsp3) is 0.545. The van der Waals surface area contributed by atoms with Crippen LogP contribution in [0.2, 0.25) is 0 Å². The smallest absolute Gasteiger partial charge is 0.148 e. The molecule has 88 valence electrons. The summed E-state index contributed by atoms with van der Waals surface area (Å²) in [6.07, 6.45) is 0. The van der Waals surface area contributed by atoms with Crippen LogP contribution in [0.4, 0.5) is 11.6 Å². The quantitative estimate of drug-likeness (QED) is 0.812. The Bertz CT molecular complexity index is 378. The highest BCUT2D eigenvalue weighted by Crippen LogP contribution is 2.13. The van der Waals surface area contributed by atoms with Crippen molar-refractivity contribution in [3.63, 3.8) is 0 Å². The van der Waals surface area contributed by atoms with Crippen LogP contribution in [0.25, 0.3) is 0 Å². The van der Waals surface area contributed by atoms with Crippen molar-refractivity contribution in [3.05, 3.63) is 11.9 Å². The predicted octanol–water partition coefficient (Wildman–Crippen LogP) is 1.24. The molecule has 0 saturated heterocycles. The number of hydrogen-bond donors (Lipinski definition) is 1. The fourth-order valence-electron chi connectivity index (χ4n) is 1.22. The Kier molecular flexibility index (Phi) is 4.22. The Morgan fingerprint density at radius 1 is 1.50 bits per heavy atom. The maximum atomic E-state index is 10.9. The molecular formula is C11H18N4O. The van der Waals surface area contributed by atoms with Crippen LogP contribution in [0.1, 0.15) is 19.7 Å². The third kappa shape index (κ3) is 3.49. The second kappa shape index (κ2) is 5.44. The zero-order chi connectivity index (χ0) is 12.1. The van der Waals surface area contributed by atoms with Crippen molar-refractivity contribution in [3.8, 4) is 0 Å². The maximum Gasteiger partial charge on any atom is 0.148 e. The van der Waals surface area contributed by atoms with E-state index in [-0.39, 0.29) is 5.78 Å². The zero-order valence-electron chi connectivity index (χ0n) is 10.2. The second-order valence-electron chi connectivity index (χ2n) is 3.73. The van der Waals surface area contributed by atoms with E-state index in [0.29, 0.717) is 18.2 Å². The molecule has 1 heterocycles. The minimum absolute atomic E-state index is 0.0849. The van der Waals surface area contributed by atoms with E-state index in [2.05, 4.69) is 22.2 Å². The number of carbonyl (C=O) groups is 1. The van der Waals surface area contributed by atoms with Crippen molar-refractivity contribution in [2.45, 2.75) is 20.8 Å². The first-order valence-electron chi connectivity index (χ1n) is 5.33. The predicted molar refractivity (Wildman–Crippen MR) is 64.9 cm³/mol. The third-order valence-electron chi connectivity index (χ3n) is 2.21. The number of aryl methyl sites for hydroxylation is 1. The van der Waals surface area contributed by atoms with Crippen LogP contribution in [-0.2, 0) is 4.79 Å². The molecule has 1 aromatic rings. The Balaban J connectivity index is 2.85. The summed E-state index contributed by atoms with van der Waals surface area (Å²) in [6, 6.07) is 1.85. The van der Waals surface area contributed by atoms with Gasteiger partial charge in [0.1, 0.15) is 23.2 Å². The van der Waals surface area contributed by atoms with E-state index >= 15 is 0 Å². The Hall–Kier alpha value is -1.65. The van der Waals surface area contributed by atoms with Gasteiger partial charge in [0.05, 0.1) is 6.54 Å². The highest BCUT2D eigenvalue weighted by Gasteiger charge is 2.05. The molecule has 1 N–H and O–H groups in total. The lowest BCUT2D eigenvalue weighted by Gasteiger charge is -2.16. The number of anilines is 2. The summed E-state index contributed by atoms with van der Waals surface area (Å²) in [5, 5.41) is 2.98. The molecular weight excluding hydrogens is 204 g/mol. The van der Waals surface area contributed by atoms with Gasteiger partial charge in [0.2, 0.25) is 0 Å². The van der Waals surface area contributed by atoms with Crippen molar-refractivity contribution >= 4 is 17.4 Å². The number of nitrogens with zero attached hydrogens (tertiary/aromatic N) is 3. The Morgan fingerprint density at radius 2 is 2.19 bits per heavy atom. The van der Waals surface area contributed by atoms with E-state index in [1.54, 1.807) is 6.92 Å². The van der Waals surface area contributed by atoms with Gasteiger partial charge in [-0.2, -0.15) is 0 Å². The van der Waals surface area contributed by atoms with E-state index in [1.165, 1.54) is 0 Å². The molecule has 0 amide bonds. The van der Waals surface area contributed by atoms with Gasteiger partial charge in [-0.25, -0.2) is 9.97 Å². The minimum atomic E-state index is 0.0849. The summed E-state index contributed by atoms with van der Waals surface area (Å²) >= 11 is 0. The molecule has 16 heavy (non-hydrogen) atoms. The zero-order valence-corrected chi connectivity index (χ0v) is 10.2. The molecule has 0 saturated carbocycles. The first kappa shape index (κ1) is 12.4. The molecule has 0 aliphatic heterocycles. The number of carbonyl (C=O) groups excluding carboxylic acids is 1. The van der Waals surface area contributed by atoms with Crippen LogP contribution in [0, 0.1) is 6.92 Å². The van der Waals surface area contributed by atoms with E-state index in [9.17, 15) is 4.79 Å². The fourth-order valence-corrected chi connectivity index (χ4v) is 1.22. The van der Waals surface area contributed by atoms with Crippen molar-refractivity contribution in [1.29, 1.82) is 0 Å². The van der Waals surface area contributed by atoms with Crippen molar-refractivity contribution in [1.82, 2.24) is 9.97 Å². The van der Waals surface area contributed by atoms with Gasteiger partial charge in [-0.15, -0.1) is 0 Å². The summed E-state index contributed by atoms with van der Waals surface area (Å²) in [7, 11) is 1.97. The summed E-state index contributed by atoms with van der Waals surface area (Å²) in [5.74, 6) is 2.34. The lowest BCUT2D eigenvalue weighted by molar-refractivity contribution is -0.115. The Morgan fingerprint density at radius 3 is 2.75 bits per heavy atom. The molecule has 1 rings (SSSR count). The lowest BCUT2D eigenvalue weighted by Crippen LogP contribution is -2.19. The largest absolute Gasteiger partial charge is 0.363 e. The normalized spacial score (nSPS) is 10.0. The first-order chi connectivity index (χ1) is 7.52. The highest BCUT2D eigenvalue weighted by atomic mass is 16.1. The molecule has 0 atom stereocenters. The summed E-state index contributed by atoms with van der Waals surface area (Å²) in [6.45, 7) is 6.61. The lowest BCUT2D eigenvalue weighted by atomic mass is 10.4. The molecule has 0 aromatic carbocycles. The highest BCUT2D eigenvalue weighted by molar-refractivity contribution is 5.80. The standard InChI is InChI=1S/C11H18N4O/c1-5-15(4)11-6-10(12-7-8(2)16)13-9(3)14-11/h6H,5,7H2,1-4H3,(H,12,13,14). The second-order valence-corrected chi connectivity index (χ2v) is 3.73. The molecule has 0 fully saturated rings. The number of hydrogen-bond acceptors (Lipinski definition) is 5. The van der Waals surface area contributed by atoms with E-state index in [1.807, 2.05) is 24.9 Å². The number of aromatic nitrogens is 2. The molecule has 5 nitrogen and oxygen atoms in total. The SMILES string of the molecule is CCN(C)c1cc(NCC(C)=O)nc(C)n1. The number of ketones is 1. The minimum Gasteiger partial charge on any atom is -0.363 e. The van der Waals surface area contributed by atoms with Crippen LogP contribution >= 0.6 is 0 Å². The van der Waals surface area contributed by atoms with Crippen LogP contribution < -0.4 is 10.2 Å². The van der Waals surface area contributed by atoms with Crippen LogP contribution in [-0.4, -0.2) is 35.9 Å². The monoisotopic (exact) mass is 222 g/mol. The number of nitrogens with one attached hydrogen (secondary N) is 1. The average Bonchev–Trinajstić information content (AvgIpc) is 2.24. The summed E-state index contributed by atoms with van der Waals surface area (Å²) < 4.78 is 0. The van der Waals surface area contributed by atoms with E-state index < -0.39 is 0 Å². The molecule has 0 bridgehead atoms. The Labute approximate surface area is 95.9 Å². The van der Waals surface area contributed by atoms with Gasteiger partial charge in [-0.1, -0.05) is 0 Å². The first-order valence-corrected chi connectivity index (χ1v) is 5.33. The van der Waals surface area contributed by atoms with Crippen LogP contribution in [0.5, 0.6) is 0 Å². The van der Waals surface area contributed by atoms with Crippen LogP contribution in [0.15, 0.2) is 6.07 Å².